The van der Waals surface area contributed by atoms with Crippen LogP contribution in [0.4, 0.5) is 5.69 Å². The van der Waals surface area contributed by atoms with Crippen LogP contribution < -0.4 is 15.2 Å². The second-order valence-electron chi connectivity index (χ2n) is 4.48. The highest BCUT2D eigenvalue weighted by Gasteiger charge is 2.08. The highest BCUT2D eigenvalue weighted by molar-refractivity contribution is 5.89. The van der Waals surface area contributed by atoms with Crippen LogP contribution in [0.1, 0.15) is 23.7 Å². The number of carboxylic acids is 1. The summed E-state index contributed by atoms with van der Waals surface area (Å²) < 4.78 is 11.1. The third-order valence-electron chi connectivity index (χ3n) is 2.78. The zero-order valence-corrected chi connectivity index (χ0v) is 11.7. The average molecular weight is 287 g/mol. The lowest BCUT2D eigenvalue weighted by atomic mass is 10.2. The lowest BCUT2D eigenvalue weighted by molar-refractivity contribution is 0.0696. The van der Waals surface area contributed by atoms with Crippen LogP contribution in [-0.2, 0) is 0 Å². The van der Waals surface area contributed by atoms with E-state index < -0.39 is 5.97 Å². The molecule has 110 valence electrons. The molecule has 5 nitrogen and oxygen atoms in total. The molecular weight excluding hydrogens is 270 g/mol. The Morgan fingerprint density at radius 3 is 2.43 bits per heavy atom. The first kappa shape index (κ1) is 14.7. The molecule has 21 heavy (non-hydrogen) atoms. The first-order chi connectivity index (χ1) is 10.1. The van der Waals surface area contributed by atoms with Gasteiger partial charge < -0.3 is 20.3 Å². The molecule has 0 bridgehead atoms. The molecule has 0 unspecified atom stereocenters. The van der Waals surface area contributed by atoms with E-state index in [9.17, 15) is 4.79 Å². The Bertz CT molecular complexity index is 623. The van der Waals surface area contributed by atoms with Crippen LogP contribution in [0.5, 0.6) is 17.2 Å². The Balaban J connectivity index is 2.14. The Morgan fingerprint density at radius 2 is 1.81 bits per heavy atom. The van der Waals surface area contributed by atoms with Crippen molar-refractivity contribution in [3.05, 3.63) is 48.0 Å². The maximum atomic E-state index is 10.9. The minimum Gasteiger partial charge on any atom is -0.494 e. The Morgan fingerprint density at radius 1 is 1.14 bits per heavy atom. The fourth-order valence-corrected chi connectivity index (χ4v) is 1.71. The van der Waals surface area contributed by atoms with E-state index in [1.54, 1.807) is 24.3 Å². The van der Waals surface area contributed by atoms with Crippen LogP contribution in [-0.4, -0.2) is 17.7 Å². The quantitative estimate of drug-likeness (QED) is 0.794. The molecule has 0 fully saturated rings. The van der Waals surface area contributed by atoms with Gasteiger partial charge in [-0.05, 0) is 48.9 Å². The minimum atomic E-state index is -1.02. The zero-order chi connectivity index (χ0) is 15.2. The van der Waals surface area contributed by atoms with Crippen LogP contribution in [0.2, 0.25) is 0 Å². The second-order valence-corrected chi connectivity index (χ2v) is 4.48. The van der Waals surface area contributed by atoms with E-state index in [1.165, 1.54) is 18.2 Å². The van der Waals surface area contributed by atoms with Crippen LogP contribution in [0.3, 0.4) is 0 Å². The number of nitrogen functional groups attached to an aromatic ring is 1. The molecule has 0 spiro atoms. The average Bonchev–Trinajstić information content (AvgIpc) is 2.48. The molecule has 0 radical (unpaired) electrons. The van der Waals surface area contributed by atoms with Gasteiger partial charge in [0.25, 0.3) is 0 Å². The molecule has 5 heteroatoms. The minimum absolute atomic E-state index is 0.127. The van der Waals surface area contributed by atoms with E-state index in [0.29, 0.717) is 23.8 Å². The van der Waals surface area contributed by atoms with Gasteiger partial charge in [-0.25, -0.2) is 4.79 Å². The first-order valence-corrected chi connectivity index (χ1v) is 6.63. The van der Waals surface area contributed by atoms with Crippen molar-refractivity contribution in [3.8, 4) is 17.2 Å². The van der Waals surface area contributed by atoms with Crippen LogP contribution in [0, 0.1) is 0 Å². The number of carboxylic acid groups (broad SMARTS) is 1. The summed E-state index contributed by atoms with van der Waals surface area (Å²) in [5.41, 5.74) is 6.30. The van der Waals surface area contributed by atoms with Crippen molar-refractivity contribution < 1.29 is 19.4 Å². The maximum Gasteiger partial charge on any atom is 0.335 e. The predicted molar refractivity (Wildman–Crippen MR) is 80.1 cm³/mol. The van der Waals surface area contributed by atoms with E-state index in [1.807, 2.05) is 6.92 Å². The summed E-state index contributed by atoms with van der Waals surface area (Å²) in [6.45, 7) is 2.70. The fraction of sp³-hybridized carbons (Fsp3) is 0.188. The van der Waals surface area contributed by atoms with Gasteiger partial charge in [0.2, 0.25) is 0 Å². The number of hydrogen-bond donors (Lipinski definition) is 2. The highest BCUT2D eigenvalue weighted by atomic mass is 16.5. The molecule has 2 aromatic carbocycles. The molecular formula is C16H17NO4. The molecule has 0 amide bonds. The van der Waals surface area contributed by atoms with Crippen molar-refractivity contribution in [1.29, 1.82) is 0 Å². The van der Waals surface area contributed by atoms with Gasteiger partial charge in [0.05, 0.1) is 17.9 Å². The summed E-state index contributed by atoms with van der Waals surface area (Å²) in [6.07, 6.45) is 0.941. The number of nitrogens with two attached hydrogens (primary N) is 1. The van der Waals surface area contributed by atoms with E-state index >= 15 is 0 Å². The number of carbonyl (C=O) groups is 1. The van der Waals surface area contributed by atoms with E-state index in [4.69, 9.17) is 20.3 Å². The van der Waals surface area contributed by atoms with Crippen molar-refractivity contribution >= 4 is 11.7 Å². The zero-order valence-electron chi connectivity index (χ0n) is 11.7. The number of rotatable bonds is 6. The number of benzene rings is 2. The van der Waals surface area contributed by atoms with Crippen LogP contribution in [0.15, 0.2) is 42.5 Å². The SMILES string of the molecule is CCCOc1ccc(Oc2cc(C(=O)O)ccc2N)cc1. The molecule has 0 aromatic heterocycles. The third-order valence-corrected chi connectivity index (χ3v) is 2.78. The molecule has 0 saturated heterocycles. The van der Waals surface area contributed by atoms with Crippen molar-refractivity contribution in [1.82, 2.24) is 0 Å². The van der Waals surface area contributed by atoms with E-state index in [0.717, 1.165) is 12.2 Å². The Hall–Kier alpha value is -2.69. The smallest absolute Gasteiger partial charge is 0.335 e. The van der Waals surface area contributed by atoms with E-state index in [-0.39, 0.29) is 5.56 Å². The summed E-state index contributed by atoms with van der Waals surface area (Å²) >= 11 is 0. The molecule has 0 saturated carbocycles. The summed E-state index contributed by atoms with van der Waals surface area (Å²) in [6, 6.07) is 11.4. The predicted octanol–water partition coefficient (Wildman–Crippen LogP) is 3.55. The van der Waals surface area contributed by atoms with E-state index in [2.05, 4.69) is 0 Å². The van der Waals surface area contributed by atoms with Gasteiger partial charge >= 0.3 is 5.97 Å². The molecule has 0 aliphatic carbocycles. The van der Waals surface area contributed by atoms with Gasteiger partial charge in [0.1, 0.15) is 11.5 Å². The van der Waals surface area contributed by atoms with Gasteiger partial charge in [0.15, 0.2) is 5.75 Å². The molecule has 0 heterocycles. The van der Waals surface area contributed by atoms with Gasteiger partial charge in [-0.15, -0.1) is 0 Å². The number of anilines is 1. The van der Waals surface area contributed by atoms with Crippen LogP contribution >= 0.6 is 0 Å². The highest BCUT2D eigenvalue weighted by Crippen LogP contribution is 2.29. The summed E-state index contributed by atoms with van der Waals surface area (Å²) in [5.74, 6) is 0.616. The molecule has 0 aliphatic rings. The standard InChI is InChI=1S/C16H17NO4/c1-2-9-20-12-4-6-13(7-5-12)21-15-10-11(16(18)19)3-8-14(15)17/h3-8,10H,2,9,17H2,1H3,(H,18,19). The monoisotopic (exact) mass is 287 g/mol. The lowest BCUT2D eigenvalue weighted by Gasteiger charge is -2.10. The van der Waals surface area contributed by atoms with Crippen molar-refractivity contribution in [2.45, 2.75) is 13.3 Å². The Kier molecular flexibility index (Phi) is 4.66. The topological polar surface area (TPSA) is 81.8 Å². The maximum absolute atomic E-state index is 10.9. The third kappa shape index (κ3) is 3.89. The largest absolute Gasteiger partial charge is 0.494 e. The van der Waals surface area contributed by atoms with Crippen molar-refractivity contribution in [2.75, 3.05) is 12.3 Å². The van der Waals surface area contributed by atoms with Crippen molar-refractivity contribution in [2.24, 2.45) is 0 Å². The Labute approximate surface area is 122 Å². The van der Waals surface area contributed by atoms with Gasteiger partial charge in [0, 0.05) is 0 Å². The summed E-state index contributed by atoms with van der Waals surface area (Å²) in [7, 11) is 0. The molecule has 0 atom stereocenters. The number of aromatic carboxylic acids is 1. The second kappa shape index (κ2) is 6.65. The number of hydrogen-bond acceptors (Lipinski definition) is 4. The molecule has 3 N–H and O–H groups in total. The van der Waals surface area contributed by atoms with Gasteiger partial charge in [-0.2, -0.15) is 0 Å². The van der Waals surface area contributed by atoms with Gasteiger partial charge in [-0.3, -0.25) is 0 Å². The number of ether oxygens (including phenoxy) is 2. The molecule has 0 aliphatic heterocycles. The summed E-state index contributed by atoms with van der Waals surface area (Å²) in [4.78, 5) is 10.9. The lowest BCUT2D eigenvalue weighted by Crippen LogP contribution is -1.99. The fourth-order valence-electron chi connectivity index (χ4n) is 1.71. The molecule has 2 rings (SSSR count). The van der Waals surface area contributed by atoms with Crippen molar-refractivity contribution in [3.63, 3.8) is 0 Å². The summed E-state index contributed by atoms with van der Waals surface area (Å²) in [5, 5.41) is 8.97. The molecule has 2 aromatic rings. The van der Waals surface area contributed by atoms with Crippen LogP contribution in [0.25, 0.3) is 0 Å². The first-order valence-electron chi connectivity index (χ1n) is 6.63. The normalized spacial score (nSPS) is 10.1. The van der Waals surface area contributed by atoms with Gasteiger partial charge in [-0.1, -0.05) is 6.92 Å².